The molecule has 5 aromatic carbocycles. The van der Waals surface area contributed by atoms with Gasteiger partial charge in [-0.2, -0.15) is 0 Å². The van der Waals surface area contributed by atoms with Gasteiger partial charge in [0, 0.05) is 32.2 Å². The summed E-state index contributed by atoms with van der Waals surface area (Å²) in [5.74, 6) is -0.536. The van der Waals surface area contributed by atoms with Crippen LogP contribution >= 0.6 is 23.1 Å². The van der Waals surface area contributed by atoms with Crippen LogP contribution in [0, 0.1) is 6.92 Å². The van der Waals surface area contributed by atoms with Gasteiger partial charge in [0.05, 0.1) is 12.3 Å². The molecule has 8 nitrogen and oxygen atoms in total. The fraction of sp³-hybridized carbons (Fsp3) is 0.0952. The second-order valence-electron chi connectivity index (χ2n) is 11.5. The lowest BCUT2D eigenvalue weighted by Crippen LogP contribution is -2.30. The van der Waals surface area contributed by atoms with E-state index in [0.717, 1.165) is 26.6 Å². The number of hydrogen-bond acceptors (Lipinski definition) is 7. The van der Waals surface area contributed by atoms with Crippen LogP contribution in [0.5, 0.6) is 5.75 Å². The van der Waals surface area contributed by atoms with Crippen molar-refractivity contribution in [1.29, 1.82) is 0 Å². The van der Waals surface area contributed by atoms with Crippen molar-refractivity contribution in [2.24, 2.45) is 0 Å². The molecule has 0 aliphatic rings. The van der Waals surface area contributed by atoms with Gasteiger partial charge in [-0.05, 0) is 68.0 Å². The molecule has 1 aromatic heterocycles. The highest BCUT2D eigenvalue weighted by Crippen LogP contribution is 2.38. The Labute approximate surface area is 311 Å². The van der Waals surface area contributed by atoms with E-state index in [2.05, 4.69) is 16.0 Å². The van der Waals surface area contributed by atoms with Crippen molar-refractivity contribution >= 4 is 57.7 Å². The summed E-state index contributed by atoms with van der Waals surface area (Å²) < 4.78 is 5.75. The number of rotatable bonds is 13. The van der Waals surface area contributed by atoms with Crippen LogP contribution in [0.4, 0.5) is 10.8 Å². The lowest BCUT2D eigenvalue weighted by molar-refractivity contribution is -0.116. The van der Waals surface area contributed by atoms with Crippen LogP contribution in [0.15, 0.2) is 150 Å². The molecule has 0 spiro atoms. The Bertz CT molecular complexity index is 2170. The number of aromatic nitrogens is 1. The number of benzene rings is 5. The maximum absolute atomic E-state index is 13.8. The van der Waals surface area contributed by atoms with Gasteiger partial charge < -0.3 is 20.7 Å². The molecular weight excluding hydrogens is 689 g/mol. The largest absolute Gasteiger partial charge is 0.493 e. The number of nitrogens with one attached hydrogen (secondary N) is 3. The minimum absolute atomic E-state index is 0.0492. The van der Waals surface area contributed by atoms with Gasteiger partial charge in [-0.1, -0.05) is 97.1 Å². The topological polar surface area (TPSA) is 109 Å². The number of hydrogen-bond donors (Lipinski definition) is 3. The van der Waals surface area contributed by atoms with E-state index >= 15 is 0 Å². The smallest absolute Gasteiger partial charge is 0.272 e. The van der Waals surface area contributed by atoms with Gasteiger partial charge in [-0.15, -0.1) is 23.1 Å². The Morgan fingerprint density at radius 2 is 1.42 bits per heavy atom. The molecule has 6 aromatic rings. The first-order valence-electron chi connectivity index (χ1n) is 16.6. The average Bonchev–Trinajstić information content (AvgIpc) is 3.55. The predicted molar refractivity (Wildman–Crippen MR) is 211 cm³/mol. The highest BCUT2D eigenvalue weighted by atomic mass is 32.2. The highest BCUT2D eigenvalue weighted by molar-refractivity contribution is 8.00. The van der Waals surface area contributed by atoms with Crippen LogP contribution in [0.2, 0.25) is 0 Å². The monoisotopic (exact) mass is 724 g/mol. The number of anilines is 2. The second kappa shape index (κ2) is 17.3. The Kier molecular flexibility index (Phi) is 11.9. The number of ether oxygens (including phenoxy) is 1. The molecule has 260 valence electrons. The van der Waals surface area contributed by atoms with E-state index < -0.39 is 17.1 Å². The van der Waals surface area contributed by atoms with E-state index in [-0.39, 0.29) is 11.6 Å². The van der Waals surface area contributed by atoms with Crippen molar-refractivity contribution in [2.75, 3.05) is 17.2 Å². The zero-order valence-electron chi connectivity index (χ0n) is 28.5. The number of amides is 3. The minimum Gasteiger partial charge on any atom is -0.493 e. The second-order valence-corrected chi connectivity index (χ2v) is 13.9. The summed E-state index contributed by atoms with van der Waals surface area (Å²) >= 11 is 2.84. The fourth-order valence-corrected chi connectivity index (χ4v) is 7.18. The molecule has 3 amide bonds. The molecule has 1 heterocycles. The number of carbonyl (C=O) groups is 3. The van der Waals surface area contributed by atoms with Crippen molar-refractivity contribution in [3.63, 3.8) is 0 Å². The number of thiazole rings is 1. The third-order valence-electron chi connectivity index (χ3n) is 7.83. The molecule has 0 aliphatic carbocycles. The lowest BCUT2D eigenvalue weighted by Gasteiger charge is -2.17. The van der Waals surface area contributed by atoms with Crippen LogP contribution < -0.4 is 20.7 Å². The minimum atomic E-state index is -0.570. The Morgan fingerprint density at radius 1 is 0.788 bits per heavy atom. The first-order valence-corrected chi connectivity index (χ1v) is 18.3. The molecule has 1 atom stereocenters. The first-order chi connectivity index (χ1) is 25.4. The van der Waals surface area contributed by atoms with E-state index in [4.69, 9.17) is 9.72 Å². The molecule has 0 bridgehead atoms. The van der Waals surface area contributed by atoms with E-state index in [1.165, 1.54) is 23.1 Å². The summed E-state index contributed by atoms with van der Waals surface area (Å²) in [6, 6.07) is 42.7. The number of carbonyl (C=O) groups excluding carboxylic acids is 3. The molecule has 1 unspecified atom stereocenters. The van der Waals surface area contributed by atoms with Crippen molar-refractivity contribution in [2.45, 2.75) is 24.0 Å². The van der Waals surface area contributed by atoms with Gasteiger partial charge >= 0.3 is 0 Å². The molecule has 0 saturated heterocycles. The molecule has 3 N–H and O–H groups in total. The van der Waals surface area contributed by atoms with E-state index in [1.54, 1.807) is 42.5 Å². The maximum atomic E-state index is 13.8. The zero-order chi connectivity index (χ0) is 36.3. The number of thioether (sulfide) groups is 1. The third kappa shape index (κ3) is 9.22. The first kappa shape index (κ1) is 35.8. The molecule has 52 heavy (non-hydrogen) atoms. The van der Waals surface area contributed by atoms with Crippen molar-refractivity contribution in [3.05, 3.63) is 167 Å². The van der Waals surface area contributed by atoms with Crippen LogP contribution in [0.25, 0.3) is 17.3 Å². The van der Waals surface area contributed by atoms with E-state index in [9.17, 15) is 14.4 Å². The summed E-state index contributed by atoms with van der Waals surface area (Å²) in [6.07, 6.45) is 1.60. The zero-order valence-corrected chi connectivity index (χ0v) is 30.2. The predicted octanol–water partition coefficient (Wildman–Crippen LogP) is 9.40. The molecule has 0 saturated carbocycles. The van der Waals surface area contributed by atoms with Gasteiger partial charge in [0.15, 0.2) is 5.13 Å². The van der Waals surface area contributed by atoms with Gasteiger partial charge in [-0.25, -0.2) is 4.98 Å². The Morgan fingerprint density at radius 3 is 2.12 bits per heavy atom. The number of aryl methyl sites for hydroxylation is 1. The summed E-state index contributed by atoms with van der Waals surface area (Å²) in [4.78, 5) is 47.2. The third-order valence-corrected chi connectivity index (χ3v) is 9.98. The van der Waals surface area contributed by atoms with Crippen molar-refractivity contribution in [3.8, 4) is 17.0 Å². The Hall–Kier alpha value is -5.97. The van der Waals surface area contributed by atoms with Crippen molar-refractivity contribution in [1.82, 2.24) is 10.3 Å². The SMILES string of the molecule is CCOc1ccccc1/C=C(\NC(=O)c1ccccc1)C(=O)Nc1ccc(SC(C(=O)Nc2nc(-c3ccccc3)c(C)s2)c2ccccc2)cc1. The normalized spacial score (nSPS) is 11.7. The highest BCUT2D eigenvalue weighted by Gasteiger charge is 2.24. The maximum Gasteiger partial charge on any atom is 0.272 e. The summed E-state index contributed by atoms with van der Waals surface area (Å²) in [6.45, 7) is 4.32. The molecule has 0 aliphatic heterocycles. The summed E-state index contributed by atoms with van der Waals surface area (Å²) in [7, 11) is 0. The van der Waals surface area contributed by atoms with Crippen LogP contribution in [-0.2, 0) is 9.59 Å². The number of para-hydroxylation sites is 1. The molecular formula is C42H36N4O4S2. The van der Waals surface area contributed by atoms with E-state index in [1.807, 2.05) is 117 Å². The number of nitrogens with zero attached hydrogens (tertiary/aromatic N) is 1. The van der Waals surface area contributed by atoms with Crippen molar-refractivity contribution < 1.29 is 19.1 Å². The molecule has 6 rings (SSSR count). The lowest BCUT2D eigenvalue weighted by atomic mass is 10.1. The van der Waals surface area contributed by atoms with E-state index in [0.29, 0.717) is 34.3 Å². The standard InChI is InChI=1S/C42H36N4O4S2/c1-3-50-36-22-14-13-21-32(36)27-35(44-39(47)31-19-11-6-12-20-31)40(48)43-33-23-25-34(26-24-33)52-38(30-17-9-5-10-18-30)41(49)46-42-45-37(28(2)51-42)29-15-7-4-8-16-29/h4-27,38H,3H2,1-2H3,(H,43,48)(H,44,47)(H,45,46,49)/b35-27-. The summed E-state index contributed by atoms with van der Waals surface area (Å²) in [5.41, 5.74) is 4.31. The molecule has 0 radical (unpaired) electrons. The van der Waals surface area contributed by atoms with Gasteiger partial charge in [-0.3, -0.25) is 14.4 Å². The van der Waals surface area contributed by atoms with Crippen LogP contribution in [0.3, 0.4) is 0 Å². The Balaban J connectivity index is 1.19. The fourth-order valence-electron chi connectivity index (χ4n) is 5.32. The van der Waals surface area contributed by atoms with Crippen LogP contribution in [-0.4, -0.2) is 29.3 Å². The van der Waals surface area contributed by atoms with Gasteiger partial charge in [0.25, 0.3) is 11.8 Å². The summed E-state index contributed by atoms with van der Waals surface area (Å²) in [5, 5.41) is 8.68. The molecule has 10 heteroatoms. The average molecular weight is 725 g/mol. The molecule has 0 fully saturated rings. The quantitative estimate of drug-likeness (QED) is 0.0809. The van der Waals surface area contributed by atoms with Crippen LogP contribution in [0.1, 0.15) is 38.5 Å². The van der Waals surface area contributed by atoms with Gasteiger partial charge in [0.2, 0.25) is 5.91 Å². The van der Waals surface area contributed by atoms with Gasteiger partial charge in [0.1, 0.15) is 16.7 Å².